The van der Waals surface area contributed by atoms with Crippen LogP contribution in [0.4, 0.5) is 10.2 Å². The highest BCUT2D eigenvalue weighted by Gasteiger charge is 2.11. The summed E-state index contributed by atoms with van der Waals surface area (Å²) in [4.78, 5) is 8.96. The fourth-order valence-corrected chi connectivity index (χ4v) is 1.98. The molecule has 2 rings (SSSR count). The van der Waals surface area contributed by atoms with Crippen molar-refractivity contribution >= 4 is 5.82 Å². The van der Waals surface area contributed by atoms with E-state index < -0.39 is 5.82 Å². The zero-order chi connectivity index (χ0) is 15.4. The lowest BCUT2D eigenvalue weighted by Gasteiger charge is -2.12. The molecule has 0 aliphatic carbocycles. The molecule has 1 aromatic carbocycles. The van der Waals surface area contributed by atoms with Crippen molar-refractivity contribution in [3.63, 3.8) is 0 Å². The number of halogens is 1. The van der Waals surface area contributed by atoms with Crippen LogP contribution in [0.2, 0.25) is 0 Å². The standard InChI is InChI=1S/C16H20FN3O/c1-5-8-18-15-10(2)11(3)19-16(20-15)12-6-7-14(21-4)13(17)9-12/h6-7,9H,5,8H2,1-4H3,(H,18,19,20). The number of hydrogen-bond acceptors (Lipinski definition) is 4. The zero-order valence-electron chi connectivity index (χ0n) is 12.8. The molecule has 0 saturated carbocycles. The molecular formula is C16H20FN3O. The molecule has 5 heteroatoms. The number of nitrogens with zero attached hydrogens (tertiary/aromatic N) is 2. The largest absolute Gasteiger partial charge is 0.494 e. The Morgan fingerprint density at radius 3 is 2.62 bits per heavy atom. The number of aromatic nitrogens is 2. The first-order chi connectivity index (χ1) is 10.1. The smallest absolute Gasteiger partial charge is 0.165 e. The van der Waals surface area contributed by atoms with Crippen LogP contribution < -0.4 is 10.1 Å². The topological polar surface area (TPSA) is 47.0 Å². The molecule has 2 aromatic rings. The molecular weight excluding hydrogens is 269 g/mol. The summed E-state index contributed by atoms with van der Waals surface area (Å²) < 4.78 is 18.8. The van der Waals surface area contributed by atoms with E-state index in [9.17, 15) is 4.39 Å². The molecule has 0 radical (unpaired) electrons. The van der Waals surface area contributed by atoms with Crippen LogP contribution in [0.15, 0.2) is 18.2 Å². The molecule has 0 fully saturated rings. The Bertz CT molecular complexity index is 644. The van der Waals surface area contributed by atoms with Gasteiger partial charge in [0.05, 0.1) is 7.11 Å². The highest BCUT2D eigenvalue weighted by Crippen LogP contribution is 2.25. The molecule has 1 aromatic heterocycles. The molecule has 112 valence electrons. The normalized spacial score (nSPS) is 10.5. The van der Waals surface area contributed by atoms with Crippen molar-refractivity contribution in [3.05, 3.63) is 35.3 Å². The minimum Gasteiger partial charge on any atom is -0.494 e. The van der Waals surface area contributed by atoms with E-state index >= 15 is 0 Å². The number of benzene rings is 1. The van der Waals surface area contributed by atoms with Crippen molar-refractivity contribution in [1.82, 2.24) is 9.97 Å². The van der Waals surface area contributed by atoms with Gasteiger partial charge >= 0.3 is 0 Å². The lowest BCUT2D eigenvalue weighted by molar-refractivity contribution is 0.386. The molecule has 0 aliphatic heterocycles. The second-order valence-electron chi connectivity index (χ2n) is 4.88. The van der Waals surface area contributed by atoms with Gasteiger partial charge in [-0.1, -0.05) is 6.92 Å². The third-order valence-electron chi connectivity index (χ3n) is 3.34. The van der Waals surface area contributed by atoms with Crippen molar-refractivity contribution in [2.45, 2.75) is 27.2 Å². The zero-order valence-corrected chi connectivity index (χ0v) is 12.8. The minimum atomic E-state index is -0.417. The summed E-state index contributed by atoms with van der Waals surface area (Å²) in [5.41, 5.74) is 2.53. The van der Waals surface area contributed by atoms with E-state index in [0.717, 1.165) is 30.0 Å². The van der Waals surface area contributed by atoms with Crippen molar-refractivity contribution in [1.29, 1.82) is 0 Å². The molecule has 0 atom stereocenters. The quantitative estimate of drug-likeness (QED) is 0.911. The van der Waals surface area contributed by atoms with Gasteiger partial charge in [0.25, 0.3) is 0 Å². The van der Waals surface area contributed by atoms with E-state index in [1.54, 1.807) is 12.1 Å². The maximum Gasteiger partial charge on any atom is 0.165 e. The number of methoxy groups -OCH3 is 1. The first-order valence-corrected chi connectivity index (χ1v) is 6.99. The second-order valence-corrected chi connectivity index (χ2v) is 4.88. The summed E-state index contributed by atoms with van der Waals surface area (Å²) >= 11 is 0. The van der Waals surface area contributed by atoms with Crippen LogP contribution in [0.1, 0.15) is 24.6 Å². The Morgan fingerprint density at radius 2 is 2.00 bits per heavy atom. The summed E-state index contributed by atoms with van der Waals surface area (Å²) in [6.07, 6.45) is 1.01. The molecule has 1 N–H and O–H groups in total. The highest BCUT2D eigenvalue weighted by molar-refractivity contribution is 5.60. The molecule has 0 bridgehead atoms. The van der Waals surface area contributed by atoms with Crippen molar-refractivity contribution in [2.24, 2.45) is 0 Å². The van der Waals surface area contributed by atoms with E-state index in [2.05, 4.69) is 22.2 Å². The minimum absolute atomic E-state index is 0.215. The first-order valence-electron chi connectivity index (χ1n) is 6.99. The average molecular weight is 289 g/mol. The van der Waals surface area contributed by atoms with E-state index in [1.165, 1.54) is 13.2 Å². The molecule has 0 saturated heterocycles. The molecule has 21 heavy (non-hydrogen) atoms. The fraction of sp³-hybridized carbons (Fsp3) is 0.375. The average Bonchev–Trinajstić information content (AvgIpc) is 2.48. The van der Waals surface area contributed by atoms with Crippen molar-refractivity contribution in [3.8, 4) is 17.1 Å². The van der Waals surface area contributed by atoms with E-state index in [0.29, 0.717) is 11.4 Å². The van der Waals surface area contributed by atoms with Gasteiger partial charge in [-0.05, 0) is 38.5 Å². The van der Waals surface area contributed by atoms with Crippen LogP contribution in [-0.2, 0) is 0 Å². The SMILES string of the molecule is CCCNc1nc(-c2ccc(OC)c(F)c2)nc(C)c1C. The third-order valence-corrected chi connectivity index (χ3v) is 3.34. The molecule has 0 amide bonds. The maximum atomic E-state index is 13.8. The summed E-state index contributed by atoms with van der Waals surface area (Å²) in [6.45, 7) is 6.84. The van der Waals surface area contributed by atoms with Gasteiger partial charge in [-0.3, -0.25) is 0 Å². The molecule has 0 spiro atoms. The molecule has 1 heterocycles. The second kappa shape index (κ2) is 6.52. The number of ether oxygens (including phenoxy) is 1. The third kappa shape index (κ3) is 3.29. The number of rotatable bonds is 5. The van der Waals surface area contributed by atoms with Gasteiger partial charge < -0.3 is 10.1 Å². The maximum absolute atomic E-state index is 13.8. The van der Waals surface area contributed by atoms with Crippen LogP contribution in [0, 0.1) is 19.7 Å². The Balaban J connectivity index is 2.43. The predicted octanol–water partition coefficient (Wildman–Crippen LogP) is 3.73. The van der Waals surface area contributed by atoms with Crippen LogP contribution in [0.3, 0.4) is 0 Å². The highest BCUT2D eigenvalue weighted by atomic mass is 19.1. The molecule has 0 aliphatic rings. The summed E-state index contributed by atoms with van der Waals surface area (Å²) in [6, 6.07) is 4.74. The number of aryl methyl sites for hydroxylation is 1. The summed E-state index contributed by atoms with van der Waals surface area (Å²) in [5, 5.41) is 3.28. The van der Waals surface area contributed by atoms with Gasteiger partial charge in [-0.2, -0.15) is 0 Å². The Hall–Kier alpha value is -2.17. The van der Waals surface area contributed by atoms with Crippen LogP contribution >= 0.6 is 0 Å². The lowest BCUT2D eigenvalue weighted by Crippen LogP contribution is -2.07. The van der Waals surface area contributed by atoms with Gasteiger partial charge in [-0.15, -0.1) is 0 Å². The van der Waals surface area contributed by atoms with E-state index in [-0.39, 0.29) is 5.75 Å². The Labute approximate surface area is 124 Å². The monoisotopic (exact) mass is 289 g/mol. The van der Waals surface area contributed by atoms with E-state index in [4.69, 9.17) is 4.74 Å². The Kier molecular flexibility index (Phi) is 4.73. The van der Waals surface area contributed by atoms with Crippen LogP contribution in [-0.4, -0.2) is 23.6 Å². The van der Waals surface area contributed by atoms with E-state index in [1.807, 2.05) is 13.8 Å². The van der Waals surface area contributed by atoms with Gasteiger partial charge in [0.15, 0.2) is 17.4 Å². The summed E-state index contributed by atoms with van der Waals surface area (Å²) in [5.74, 6) is 1.11. The summed E-state index contributed by atoms with van der Waals surface area (Å²) in [7, 11) is 1.44. The van der Waals surface area contributed by atoms with Crippen LogP contribution in [0.5, 0.6) is 5.75 Å². The lowest BCUT2D eigenvalue weighted by atomic mass is 10.1. The number of hydrogen-bond donors (Lipinski definition) is 1. The number of nitrogens with one attached hydrogen (secondary N) is 1. The van der Waals surface area contributed by atoms with Gasteiger partial charge in [0.1, 0.15) is 5.82 Å². The fourth-order valence-electron chi connectivity index (χ4n) is 1.98. The van der Waals surface area contributed by atoms with Crippen LogP contribution in [0.25, 0.3) is 11.4 Å². The van der Waals surface area contributed by atoms with Gasteiger partial charge in [0.2, 0.25) is 0 Å². The molecule has 4 nitrogen and oxygen atoms in total. The van der Waals surface area contributed by atoms with Crippen molar-refractivity contribution < 1.29 is 9.13 Å². The van der Waals surface area contributed by atoms with Gasteiger partial charge in [-0.25, -0.2) is 14.4 Å². The Morgan fingerprint density at radius 1 is 1.24 bits per heavy atom. The first kappa shape index (κ1) is 15.2. The predicted molar refractivity (Wildman–Crippen MR) is 82.2 cm³/mol. The van der Waals surface area contributed by atoms with Gasteiger partial charge in [0, 0.05) is 23.4 Å². The number of anilines is 1. The molecule has 0 unspecified atom stereocenters. The van der Waals surface area contributed by atoms with Crippen molar-refractivity contribution in [2.75, 3.05) is 19.0 Å².